The van der Waals surface area contributed by atoms with Crippen LogP contribution in [-0.2, 0) is 17.8 Å². The minimum absolute atomic E-state index is 0.100. The largest absolute Gasteiger partial charge is 0.480 e. The smallest absolute Gasteiger partial charge is 0.408 e. The van der Waals surface area contributed by atoms with Crippen LogP contribution in [0.2, 0.25) is 0 Å². The van der Waals surface area contributed by atoms with Gasteiger partial charge in [0, 0.05) is 31.4 Å². The molecule has 7 nitrogen and oxygen atoms in total. The van der Waals surface area contributed by atoms with Gasteiger partial charge in [0.15, 0.2) is 0 Å². The minimum Gasteiger partial charge on any atom is -0.480 e. The molecule has 1 amide bonds. The van der Waals surface area contributed by atoms with Gasteiger partial charge in [0.05, 0.1) is 6.33 Å². The molecule has 1 unspecified atom stereocenters. The average Bonchev–Trinajstić information content (AvgIpc) is 2.98. The zero-order valence-corrected chi connectivity index (χ0v) is 15.7. The number of hydrogen-bond donors (Lipinski definition) is 2. The maximum absolute atomic E-state index is 11.6. The predicted octanol–water partition coefficient (Wildman–Crippen LogP) is 3.34. The monoisotopic (exact) mass is 353 g/mol. The number of carboxylic acids is 1. The number of aromatic nitrogens is 2. The molecule has 0 aliphatic heterocycles. The summed E-state index contributed by atoms with van der Waals surface area (Å²) in [6, 6.07) is -1.02. The minimum atomic E-state index is -1.20. The van der Waals surface area contributed by atoms with E-state index in [-0.39, 0.29) is 12.5 Å². The molecule has 1 aromatic rings. The molecule has 25 heavy (non-hydrogen) atoms. The second-order valence-corrected chi connectivity index (χ2v) is 6.93. The van der Waals surface area contributed by atoms with E-state index in [1.807, 2.05) is 13.8 Å². The highest BCUT2D eigenvalue weighted by atomic mass is 16.4. The number of nitrogens with zero attached hydrogens (tertiary/aromatic N) is 3. The van der Waals surface area contributed by atoms with Crippen molar-refractivity contribution in [3.05, 3.63) is 18.2 Å². The van der Waals surface area contributed by atoms with Gasteiger partial charge in [0.1, 0.15) is 6.04 Å². The summed E-state index contributed by atoms with van der Waals surface area (Å²) in [5.41, 5.74) is 0.937. The van der Waals surface area contributed by atoms with Gasteiger partial charge in [0.25, 0.3) is 0 Å². The Hall–Kier alpha value is -2.05. The summed E-state index contributed by atoms with van der Waals surface area (Å²) in [7, 11) is 0. The highest BCUT2D eigenvalue weighted by Gasteiger charge is 2.30. The molecule has 1 aromatic heterocycles. The summed E-state index contributed by atoms with van der Waals surface area (Å²) < 4.78 is 2.05. The van der Waals surface area contributed by atoms with Crippen LogP contribution in [0.5, 0.6) is 0 Å². The number of imidazole rings is 1. The lowest BCUT2D eigenvalue weighted by molar-refractivity contribution is -0.143. The zero-order valence-electron chi connectivity index (χ0n) is 15.7. The Morgan fingerprint density at radius 3 is 2.36 bits per heavy atom. The Morgan fingerprint density at radius 1 is 1.24 bits per heavy atom. The fourth-order valence-electron chi connectivity index (χ4n) is 2.97. The van der Waals surface area contributed by atoms with Gasteiger partial charge in [-0.1, -0.05) is 40.5 Å². The summed E-state index contributed by atoms with van der Waals surface area (Å²) in [6.45, 7) is 9.08. The molecule has 0 aromatic carbocycles. The number of carbonyl (C=O) groups is 2. The Balaban J connectivity index is 2.83. The van der Waals surface area contributed by atoms with Crippen LogP contribution in [0.25, 0.3) is 0 Å². The van der Waals surface area contributed by atoms with Crippen molar-refractivity contribution < 1.29 is 19.8 Å². The molecular weight excluding hydrogens is 322 g/mol. The summed E-state index contributed by atoms with van der Waals surface area (Å²) in [6.07, 6.45) is 5.21. The van der Waals surface area contributed by atoms with Gasteiger partial charge < -0.3 is 14.8 Å². The first kappa shape index (κ1) is 21.0. The summed E-state index contributed by atoms with van der Waals surface area (Å²) in [5.74, 6) is -0.443. The molecule has 1 heterocycles. The van der Waals surface area contributed by atoms with Crippen LogP contribution in [0, 0.1) is 11.8 Å². The van der Waals surface area contributed by atoms with Crippen molar-refractivity contribution in [3.63, 3.8) is 0 Å². The van der Waals surface area contributed by atoms with E-state index in [0.29, 0.717) is 18.8 Å². The molecule has 1 atom stereocenters. The zero-order chi connectivity index (χ0) is 19.0. The highest BCUT2D eigenvalue weighted by Crippen LogP contribution is 2.16. The fourth-order valence-corrected chi connectivity index (χ4v) is 2.97. The van der Waals surface area contributed by atoms with Crippen LogP contribution in [-0.4, -0.2) is 49.3 Å². The van der Waals surface area contributed by atoms with Crippen LogP contribution in [0.3, 0.4) is 0 Å². The molecule has 0 saturated carbocycles. The van der Waals surface area contributed by atoms with E-state index in [2.05, 4.69) is 23.4 Å². The van der Waals surface area contributed by atoms with Crippen molar-refractivity contribution in [1.82, 2.24) is 14.5 Å². The first-order valence-electron chi connectivity index (χ1n) is 9.01. The van der Waals surface area contributed by atoms with Gasteiger partial charge >= 0.3 is 12.1 Å². The SMILES string of the molecule is CCC(CC)Cn1cncc1CCN(C(=O)O)C(CC(C)C)C(=O)O. The maximum Gasteiger partial charge on any atom is 0.408 e. The van der Waals surface area contributed by atoms with Gasteiger partial charge in [0.2, 0.25) is 0 Å². The topological polar surface area (TPSA) is 95.7 Å². The number of aliphatic carboxylic acids is 1. The second-order valence-electron chi connectivity index (χ2n) is 6.93. The van der Waals surface area contributed by atoms with Crippen molar-refractivity contribution in [2.24, 2.45) is 11.8 Å². The highest BCUT2D eigenvalue weighted by molar-refractivity contribution is 5.79. The van der Waals surface area contributed by atoms with E-state index in [0.717, 1.165) is 30.0 Å². The Kier molecular flexibility index (Phi) is 8.45. The first-order chi connectivity index (χ1) is 11.8. The molecular formula is C18H31N3O4. The number of carboxylic acid groups (broad SMARTS) is 2. The van der Waals surface area contributed by atoms with Gasteiger partial charge in [-0.05, 0) is 18.3 Å². The van der Waals surface area contributed by atoms with Crippen LogP contribution in [0.4, 0.5) is 4.79 Å². The molecule has 0 saturated heterocycles. The Bertz CT molecular complexity index is 552. The van der Waals surface area contributed by atoms with Crippen molar-refractivity contribution >= 4 is 12.1 Å². The van der Waals surface area contributed by atoms with Crippen molar-refractivity contribution in [2.75, 3.05) is 6.54 Å². The van der Waals surface area contributed by atoms with E-state index in [1.165, 1.54) is 0 Å². The van der Waals surface area contributed by atoms with Crippen LogP contribution >= 0.6 is 0 Å². The van der Waals surface area contributed by atoms with Crippen molar-refractivity contribution in [1.29, 1.82) is 0 Å². The number of hydrogen-bond acceptors (Lipinski definition) is 3. The normalized spacial score (nSPS) is 12.6. The molecule has 0 radical (unpaired) electrons. The summed E-state index contributed by atoms with van der Waals surface area (Å²) in [5, 5.41) is 18.9. The maximum atomic E-state index is 11.6. The van der Waals surface area contributed by atoms with Crippen LogP contribution in [0.15, 0.2) is 12.5 Å². The van der Waals surface area contributed by atoms with E-state index < -0.39 is 18.1 Å². The molecule has 0 spiro atoms. The third-order valence-electron chi connectivity index (χ3n) is 4.62. The summed E-state index contributed by atoms with van der Waals surface area (Å²) in [4.78, 5) is 28.3. The molecule has 0 bridgehead atoms. The van der Waals surface area contributed by atoms with Gasteiger partial charge in [-0.3, -0.25) is 4.90 Å². The number of amides is 1. The second kappa shape index (κ2) is 10.1. The lowest BCUT2D eigenvalue weighted by Crippen LogP contribution is -2.46. The standard InChI is InChI=1S/C18H31N3O4/c1-5-14(6-2)11-20-12-19-10-15(20)7-8-21(18(24)25)16(17(22)23)9-13(3)4/h10,12-14,16H,5-9,11H2,1-4H3,(H,22,23)(H,24,25). The average molecular weight is 353 g/mol. The molecule has 142 valence electrons. The third kappa shape index (κ3) is 6.40. The Labute approximate surface area is 149 Å². The van der Waals surface area contributed by atoms with E-state index >= 15 is 0 Å². The quantitative estimate of drug-likeness (QED) is 0.636. The molecule has 0 aliphatic rings. The van der Waals surface area contributed by atoms with Crippen LogP contribution < -0.4 is 0 Å². The lowest BCUT2D eigenvalue weighted by atomic mass is 10.0. The van der Waals surface area contributed by atoms with E-state index in [1.54, 1.807) is 12.5 Å². The molecule has 2 N–H and O–H groups in total. The molecule has 0 fully saturated rings. The third-order valence-corrected chi connectivity index (χ3v) is 4.62. The van der Waals surface area contributed by atoms with Gasteiger partial charge in [-0.15, -0.1) is 0 Å². The van der Waals surface area contributed by atoms with Gasteiger partial charge in [-0.25, -0.2) is 14.6 Å². The van der Waals surface area contributed by atoms with Crippen LogP contribution in [0.1, 0.15) is 52.7 Å². The predicted molar refractivity (Wildman–Crippen MR) is 95.6 cm³/mol. The van der Waals surface area contributed by atoms with Crippen molar-refractivity contribution in [2.45, 2.75) is 66.0 Å². The Morgan fingerprint density at radius 2 is 1.88 bits per heavy atom. The fraction of sp³-hybridized carbons (Fsp3) is 0.722. The van der Waals surface area contributed by atoms with Gasteiger partial charge in [-0.2, -0.15) is 0 Å². The summed E-state index contributed by atoms with van der Waals surface area (Å²) >= 11 is 0. The number of rotatable bonds is 11. The molecule has 7 heteroatoms. The van der Waals surface area contributed by atoms with Crippen molar-refractivity contribution in [3.8, 4) is 0 Å². The van der Waals surface area contributed by atoms with E-state index in [9.17, 15) is 19.8 Å². The molecule has 0 aliphatic carbocycles. The van der Waals surface area contributed by atoms with E-state index in [4.69, 9.17) is 0 Å². The lowest BCUT2D eigenvalue weighted by Gasteiger charge is -2.27. The first-order valence-corrected chi connectivity index (χ1v) is 9.01. The molecule has 1 rings (SSSR count).